The first kappa shape index (κ1) is 24.9. The highest BCUT2D eigenvalue weighted by atomic mass is 79.9. The van der Waals surface area contributed by atoms with E-state index in [9.17, 15) is 21.6 Å². The van der Waals surface area contributed by atoms with Gasteiger partial charge in [-0.25, -0.2) is 18.4 Å². The zero-order valence-corrected chi connectivity index (χ0v) is 20.9. The number of imidazole rings is 1. The Hall–Kier alpha value is -3.25. The highest BCUT2D eigenvalue weighted by Crippen LogP contribution is 2.36. The van der Waals surface area contributed by atoms with E-state index in [-0.39, 0.29) is 33.3 Å². The second-order valence-corrected chi connectivity index (χ2v) is 10.6. The third kappa shape index (κ3) is 4.80. The van der Waals surface area contributed by atoms with Gasteiger partial charge in [0.05, 0.1) is 21.7 Å². The van der Waals surface area contributed by atoms with Crippen LogP contribution in [0.5, 0.6) is 0 Å². The second kappa shape index (κ2) is 9.42. The first-order chi connectivity index (χ1) is 16.5. The van der Waals surface area contributed by atoms with Crippen LogP contribution in [0.1, 0.15) is 12.5 Å². The third-order valence-corrected chi connectivity index (χ3v) is 7.67. The fourth-order valence-electron chi connectivity index (χ4n) is 3.51. The number of hydrogen-bond donors (Lipinski definition) is 0. The Labute approximate surface area is 207 Å². The number of fused-ring (bicyclic) bond motifs is 2. The summed E-state index contributed by atoms with van der Waals surface area (Å²) in [6, 6.07) is 11.7. The van der Waals surface area contributed by atoms with Crippen molar-refractivity contribution >= 4 is 42.4 Å². The largest absolute Gasteiger partial charge is 0.417 e. The molecule has 0 saturated heterocycles. The van der Waals surface area contributed by atoms with Gasteiger partial charge in [-0.05, 0) is 52.3 Å². The molecule has 0 fully saturated rings. The first-order valence-corrected chi connectivity index (χ1v) is 12.8. The number of aryl methyl sites for hydroxylation is 1. The Kier molecular flexibility index (Phi) is 6.69. The monoisotopic (exact) mass is 565 g/mol. The number of alkyl halides is 3. The van der Waals surface area contributed by atoms with Gasteiger partial charge in [-0.2, -0.15) is 13.2 Å². The molecule has 182 valence electrons. The van der Waals surface area contributed by atoms with Crippen LogP contribution in [0, 0.1) is 0 Å². The van der Waals surface area contributed by atoms with Crippen LogP contribution < -0.4 is 0 Å². The van der Waals surface area contributed by atoms with Crippen molar-refractivity contribution in [2.75, 3.05) is 5.75 Å². The molecule has 0 amide bonds. The zero-order valence-electron chi connectivity index (χ0n) is 18.5. The lowest BCUT2D eigenvalue weighted by atomic mass is 10.2. The number of aromatic nitrogens is 5. The number of halogens is 4. The third-order valence-electron chi connectivity index (χ3n) is 5.25. The number of nitrogens with zero attached hydrogens (tertiary/aromatic N) is 5. The van der Waals surface area contributed by atoms with Crippen molar-refractivity contribution in [1.82, 2.24) is 23.9 Å². The molecule has 0 aliphatic heterocycles. The predicted octanol–water partition coefficient (Wildman–Crippen LogP) is 5.54. The van der Waals surface area contributed by atoms with Crippen molar-refractivity contribution in [3.63, 3.8) is 0 Å². The minimum Gasteiger partial charge on any atom is -0.312 e. The summed E-state index contributed by atoms with van der Waals surface area (Å²) in [7, 11) is -2.05. The van der Waals surface area contributed by atoms with Crippen LogP contribution in [0.4, 0.5) is 13.2 Å². The molecule has 12 heteroatoms. The second-order valence-electron chi connectivity index (χ2n) is 7.46. The molecular formula is C23H19BrF3N5O2S. The Morgan fingerprint density at radius 2 is 1.80 bits per heavy atom. The fourth-order valence-corrected chi connectivity index (χ4v) is 5.05. The smallest absolute Gasteiger partial charge is 0.312 e. The quantitative estimate of drug-likeness (QED) is 0.286. The van der Waals surface area contributed by atoms with Gasteiger partial charge in [-0.15, -0.1) is 0 Å². The van der Waals surface area contributed by atoms with E-state index in [1.165, 1.54) is 17.6 Å². The molecule has 5 aromatic heterocycles. The lowest BCUT2D eigenvalue weighted by molar-refractivity contribution is -0.137. The molecule has 7 nitrogen and oxygen atoms in total. The van der Waals surface area contributed by atoms with Gasteiger partial charge in [0, 0.05) is 36.3 Å². The fraction of sp³-hybridized carbons (Fsp3) is 0.174. The lowest BCUT2D eigenvalue weighted by Crippen LogP contribution is -2.07. The van der Waals surface area contributed by atoms with E-state index in [1.807, 2.05) is 18.2 Å². The molecule has 5 aromatic rings. The highest BCUT2D eigenvalue weighted by Gasteiger charge is 2.32. The summed E-state index contributed by atoms with van der Waals surface area (Å²) in [5.74, 6) is 0.0755. The average molecular weight is 566 g/mol. The van der Waals surface area contributed by atoms with Gasteiger partial charge in [-0.1, -0.05) is 13.0 Å². The summed E-state index contributed by atoms with van der Waals surface area (Å²) >= 11 is 3.41. The van der Waals surface area contributed by atoms with E-state index in [2.05, 4.69) is 30.9 Å². The van der Waals surface area contributed by atoms with E-state index >= 15 is 0 Å². The molecule has 0 aliphatic carbocycles. The first-order valence-electron chi connectivity index (χ1n) is 10.3. The van der Waals surface area contributed by atoms with Gasteiger partial charge in [-0.3, -0.25) is 4.98 Å². The molecule has 0 bridgehead atoms. The molecule has 0 aliphatic rings. The van der Waals surface area contributed by atoms with Gasteiger partial charge in [0.1, 0.15) is 11.2 Å². The topological polar surface area (TPSA) is 82.1 Å². The van der Waals surface area contributed by atoms with Crippen LogP contribution in [-0.4, -0.2) is 38.1 Å². The maximum Gasteiger partial charge on any atom is 0.417 e. The van der Waals surface area contributed by atoms with E-state index < -0.39 is 21.6 Å². The van der Waals surface area contributed by atoms with E-state index in [0.717, 1.165) is 12.3 Å². The van der Waals surface area contributed by atoms with Crippen molar-refractivity contribution < 1.29 is 21.6 Å². The van der Waals surface area contributed by atoms with E-state index in [0.29, 0.717) is 9.99 Å². The van der Waals surface area contributed by atoms with Crippen molar-refractivity contribution in [1.29, 1.82) is 0 Å². The minimum absolute atomic E-state index is 0.0297. The molecule has 0 saturated carbocycles. The molecule has 0 unspecified atom stereocenters. The molecule has 0 radical (unpaired) electrons. The lowest BCUT2D eigenvalue weighted by Gasteiger charge is -2.07. The molecule has 0 aromatic carbocycles. The predicted molar refractivity (Wildman–Crippen MR) is 130 cm³/mol. The summed E-state index contributed by atoms with van der Waals surface area (Å²) in [5.41, 5.74) is 0.210. The van der Waals surface area contributed by atoms with Crippen molar-refractivity contribution in [2.24, 2.45) is 7.05 Å². The molecule has 35 heavy (non-hydrogen) atoms. The minimum atomic E-state index is -4.55. The van der Waals surface area contributed by atoms with Crippen molar-refractivity contribution in [2.45, 2.75) is 18.0 Å². The van der Waals surface area contributed by atoms with Gasteiger partial charge >= 0.3 is 6.18 Å². The van der Waals surface area contributed by atoms with Crippen molar-refractivity contribution in [3.05, 3.63) is 77.3 Å². The summed E-state index contributed by atoms with van der Waals surface area (Å²) in [6.45, 7) is 1.53. The number of hydrogen-bond acceptors (Lipinski definition) is 5. The van der Waals surface area contributed by atoms with Gasteiger partial charge in [0.15, 0.2) is 21.3 Å². The van der Waals surface area contributed by atoms with Gasteiger partial charge < -0.3 is 8.97 Å². The Morgan fingerprint density at radius 1 is 1.09 bits per heavy atom. The average Bonchev–Trinajstić information content (AvgIpc) is 3.39. The van der Waals surface area contributed by atoms with Crippen molar-refractivity contribution in [3.8, 4) is 11.5 Å². The summed E-state index contributed by atoms with van der Waals surface area (Å²) in [6.07, 6.45) is 1.37. The molecular weight excluding hydrogens is 547 g/mol. The van der Waals surface area contributed by atoms with Gasteiger partial charge in [0.25, 0.3) is 0 Å². The van der Waals surface area contributed by atoms with Crippen LogP contribution in [-0.2, 0) is 23.1 Å². The summed E-state index contributed by atoms with van der Waals surface area (Å²) in [5, 5.41) is 0. The summed E-state index contributed by atoms with van der Waals surface area (Å²) in [4.78, 5) is 12.1. The van der Waals surface area contributed by atoms with Crippen LogP contribution in [0.15, 0.2) is 76.6 Å². The Bertz CT molecular complexity index is 1590. The van der Waals surface area contributed by atoms with E-state index in [1.54, 1.807) is 42.2 Å². The van der Waals surface area contributed by atoms with Gasteiger partial charge in [0.2, 0.25) is 0 Å². The highest BCUT2D eigenvalue weighted by molar-refractivity contribution is 9.10. The Morgan fingerprint density at radius 3 is 2.37 bits per heavy atom. The molecule has 5 rings (SSSR count). The number of sulfone groups is 1. The van der Waals surface area contributed by atoms with E-state index in [4.69, 9.17) is 0 Å². The molecule has 0 atom stereocenters. The molecule has 5 heterocycles. The maximum absolute atomic E-state index is 13.1. The molecule has 0 N–H and O–H groups in total. The van der Waals surface area contributed by atoms with Crippen LogP contribution >= 0.6 is 15.9 Å². The standard InChI is InChI=1S/C18H14BrF3N4O2S.C5H5N/c1-3-29(27,28)14-8-13-11(19)5-4-6-26(13)15(14)17-24-12-7-10(18(20,21)22)9-23-16(12)25(17)2;1-2-4-6-5-3-1/h4-9H,3H2,1-2H3;1-5H. The Balaban J connectivity index is 0.000000421. The number of rotatable bonds is 3. The number of pyridine rings is 3. The van der Waals surface area contributed by atoms with Crippen LogP contribution in [0.25, 0.3) is 28.2 Å². The zero-order chi connectivity index (χ0) is 25.4. The SMILES string of the molecule is CCS(=O)(=O)c1cc2c(Br)cccn2c1-c1nc2cc(C(F)(F)F)cnc2n1C.c1ccncc1. The normalized spacial score (nSPS) is 12.1. The maximum atomic E-state index is 13.1. The van der Waals surface area contributed by atoms with Crippen LogP contribution in [0.2, 0.25) is 0 Å². The molecule has 0 spiro atoms. The summed E-state index contributed by atoms with van der Waals surface area (Å²) < 4.78 is 68.5. The van der Waals surface area contributed by atoms with Crippen LogP contribution in [0.3, 0.4) is 0 Å².